The van der Waals surface area contributed by atoms with Crippen molar-refractivity contribution in [3.63, 3.8) is 0 Å². The Kier molecular flexibility index (Phi) is 9.57. The van der Waals surface area contributed by atoms with E-state index in [0.29, 0.717) is 12.5 Å². The maximum absolute atomic E-state index is 12.5. The SMILES string of the molecule is COCC(=O)N[C@H](C(=O)N1CCC(CN)CC1)C(C)C.Cl. The molecule has 7 heteroatoms. The molecule has 1 aliphatic rings. The van der Waals surface area contributed by atoms with Crippen molar-refractivity contribution in [2.45, 2.75) is 32.7 Å². The van der Waals surface area contributed by atoms with Crippen molar-refractivity contribution in [2.24, 2.45) is 17.6 Å². The van der Waals surface area contributed by atoms with E-state index in [0.717, 1.165) is 25.9 Å². The van der Waals surface area contributed by atoms with Crippen molar-refractivity contribution >= 4 is 24.2 Å². The topological polar surface area (TPSA) is 84.7 Å². The normalized spacial score (nSPS) is 17.3. The van der Waals surface area contributed by atoms with Gasteiger partial charge in [0.15, 0.2) is 0 Å². The molecular weight excluding hydrogens is 294 g/mol. The van der Waals surface area contributed by atoms with Crippen LogP contribution in [0.25, 0.3) is 0 Å². The molecule has 6 nitrogen and oxygen atoms in total. The molecular formula is C14H28ClN3O3. The second kappa shape index (κ2) is 9.97. The number of hydrogen-bond donors (Lipinski definition) is 2. The minimum atomic E-state index is -0.480. The number of nitrogens with two attached hydrogens (primary N) is 1. The van der Waals surface area contributed by atoms with Crippen LogP contribution in [-0.4, -0.2) is 56.1 Å². The largest absolute Gasteiger partial charge is 0.375 e. The second-order valence-electron chi connectivity index (χ2n) is 5.73. The van der Waals surface area contributed by atoms with Crippen LogP contribution in [0.1, 0.15) is 26.7 Å². The first kappa shape index (κ1) is 20.1. The maximum Gasteiger partial charge on any atom is 0.246 e. The van der Waals surface area contributed by atoms with Crippen LogP contribution < -0.4 is 11.1 Å². The Balaban J connectivity index is 0.00000400. The molecule has 0 aliphatic carbocycles. The van der Waals surface area contributed by atoms with Crippen LogP contribution in [-0.2, 0) is 14.3 Å². The van der Waals surface area contributed by atoms with Crippen LogP contribution in [0.2, 0.25) is 0 Å². The number of nitrogens with one attached hydrogen (secondary N) is 1. The summed E-state index contributed by atoms with van der Waals surface area (Å²) in [5.74, 6) is 0.312. The molecule has 1 aliphatic heterocycles. The van der Waals surface area contributed by atoms with Gasteiger partial charge < -0.3 is 20.7 Å². The summed E-state index contributed by atoms with van der Waals surface area (Å²) in [6.45, 7) is 5.98. The molecule has 1 fully saturated rings. The van der Waals surface area contributed by atoms with Crippen molar-refractivity contribution in [2.75, 3.05) is 33.4 Å². The zero-order chi connectivity index (χ0) is 15.1. The fourth-order valence-corrected chi connectivity index (χ4v) is 2.45. The maximum atomic E-state index is 12.5. The zero-order valence-corrected chi connectivity index (χ0v) is 13.9. The van der Waals surface area contributed by atoms with Crippen LogP contribution in [0.15, 0.2) is 0 Å². The molecule has 21 heavy (non-hydrogen) atoms. The van der Waals surface area contributed by atoms with Gasteiger partial charge in [-0.1, -0.05) is 13.8 Å². The molecule has 0 spiro atoms. The fraction of sp³-hybridized carbons (Fsp3) is 0.857. The van der Waals surface area contributed by atoms with Crippen molar-refractivity contribution in [1.82, 2.24) is 10.2 Å². The number of ether oxygens (including phenoxy) is 1. The number of hydrogen-bond acceptors (Lipinski definition) is 4. The van der Waals surface area contributed by atoms with Gasteiger partial charge in [0.2, 0.25) is 11.8 Å². The standard InChI is InChI=1S/C14H27N3O3.ClH/c1-10(2)13(16-12(18)9-20-3)14(19)17-6-4-11(8-15)5-7-17;/h10-11,13H,4-9,15H2,1-3H3,(H,16,18);1H/t13-;/m0./s1. The number of amides is 2. The molecule has 0 radical (unpaired) electrons. The van der Waals surface area contributed by atoms with E-state index in [-0.39, 0.29) is 36.7 Å². The molecule has 0 aromatic heterocycles. The molecule has 1 rings (SSSR count). The first-order chi connectivity index (χ1) is 9.49. The predicted octanol–water partition coefficient (Wildman–Crippen LogP) is 0.393. The van der Waals surface area contributed by atoms with Gasteiger partial charge in [0.05, 0.1) is 0 Å². The zero-order valence-electron chi connectivity index (χ0n) is 13.1. The van der Waals surface area contributed by atoms with E-state index in [1.165, 1.54) is 7.11 Å². The van der Waals surface area contributed by atoms with Crippen molar-refractivity contribution in [3.05, 3.63) is 0 Å². The summed E-state index contributed by atoms with van der Waals surface area (Å²) in [6, 6.07) is -0.480. The first-order valence-corrected chi connectivity index (χ1v) is 7.26. The predicted molar refractivity (Wildman–Crippen MR) is 84.3 cm³/mol. The Morgan fingerprint density at radius 1 is 1.33 bits per heavy atom. The average molecular weight is 322 g/mol. The van der Waals surface area contributed by atoms with Gasteiger partial charge in [-0.2, -0.15) is 0 Å². The second-order valence-corrected chi connectivity index (χ2v) is 5.73. The van der Waals surface area contributed by atoms with Gasteiger partial charge in [-0.3, -0.25) is 9.59 Å². The van der Waals surface area contributed by atoms with Crippen molar-refractivity contribution < 1.29 is 14.3 Å². The minimum Gasteiger partial charge on any atom is -0.375 e. The number of halogens is 1. The third kappa shape index (κ3) is 6.20. The molecule has 1 saturated heterocycles. The third-order valence-electron chi connectivity index (χ3n) is 3.78. The summed E-state index contributed by atoms with van der Waals surface area (Å²) in [6.07, 6.45) is 1.89. The highest BCUT2D eigenvalue weighted by Gasteiger charge is 2.30. The van der Waals surface area contributed by atoms with E-state index in [1.54, 1.807) is 0 Å². The van der Waals surface area contributed by atoms with E-state index in [1.807, 2.05) is 18.7 Å². The average Bonchev–Trinajstić information content (AvgIpc) is 2.44. The van der Waals surface area contributed by atoms with Crippen molar-refractivity contribution in [3.8, 4) is 0 Å². The number of likely N-dealkylation sites (tertiary alicyclic amines) is 1. The van der Waals surface area contributed by atoms with E-state index in [4.69, 9.17) is 10.5 Å². The summed E-state index contributed by atoms with van der Waals surface area (Å²) in [5.41, 5.74) is 5.66. The van der Waals surface area contributed by atoms with Crippen LogP contribution in [0, 0.1) is 11.8 Å². The smallest absolute Gasteiger partial charge is 0.246 e. The molecule has 0 saturated carbocycles. The summed E-state index contributed by atoms with van der Waals surface area (Å²) in [4.78, 5) is 26.0. The molecule has 1 heterocycles. The van der Waals surface area contributed by atoms with Crippen LogP contribution in [0.5, 0.6) is 0 Å². The number of rotatable bonds is 6. The number of nitrogens with zero attached hydrogens (tertiary/aromatic N) is 1. The molecule has 2 amide bonds. The van der Waals surface area contributed by atoms with E-state index >= 15 is 0 Å². The lowest BCUT2D eigenvalue weighted by atomic mass is 9.95. The number of carbonyl (C=O) groups is 2. The Bertz CT molecular complexity index is 331. The Morgan fingerprint density at radius 2 is 1.90 bits per heavy atom. The Morgan fingerprint density at radius 3 is 2.33 bits per heavy atom. The van der Waals surface area contributed by atoms with E-state index in [2.05, 4.69) is 5.32 Å². The monoisotopic (exact) mass is 321 g/mol. The van der Waals surface area contributed by atoms with Crippen LogP contribution >= 0.6 is 12.4 Å². The molecule has 0 bridgehead atoms. The van der Waals surface area contributed by atoms with E-state index < -0.39 is 6.04 Å². The summed E-state index contributed by atoms with van der Waals surface area (Å²) in [5, 5.41) is 2.76. The Hall–Kier alpha value is -0.850. The molecule has 0 aromatic carbocycles. The lowest BCUT2D eigenvalue weighted by molar-refractivity contribution is -0.139. The molecule has 124 valence electrons. The van der Waals surface area contributed by atoms with Crippen LogP contribution in [0.4, 0.5) is 0 Å². The molecule has 0 aromatic rings. The molecule has 0 unspecified atom stereocenters. The van der Waals surface area contributed by atoms with Gasteiger partial charge >= 0.3 is 0 Å². The van der Waals surface area contributed by atoms with Gasteiger partial charge in [0.25, 0.3) is 0 Å². The van der Waals surface area contributed by atoms with E-state index in [9.17, 15) is 9.59 Å². The number of piperidine rings is 1. The fourth-order valence-electron chi connectivity index (χ4n) is 2.45. The first-order valence-electron chi connectivity index (χ1n) is 7.26. The number of carbonyl (C=O) groups excluding carboxylic acids is 2. The molecule has 1 atom stereocenters. The van der Waals surface area contributed by atoms with Crippen LogP contribution in [0.3, 0.4) is 0 Å². The van der Waals surface area contributed by atoms with Crippen molar-refractivity contribution in [1.29, 1.82) is 0 Å². The van der Waals surface area contributed by atoms with Gasteiger partial charge in [-0.15, -0.1) is 12.4 Å². The third-order valence-corrected chi connectivity index (χ3v) is 3.78. The quantitative estimate of drug-likeness (QED) is 0.741. The highest BCUT2D eigenvalue weighted by molar-refractivity contribution is 5.88. The highest BCUT2D eigenvalue weighted by atomic mass is 35.5. The Labute approximate surface area is 133 Å². The lowest BCUT2D eigenvalue weighted by Crippen LogP contribution is -2.53. The number of methoxy groups -OCH3 is 1. The van der Waals surface area contributed by atoms with Gasteiger partial charge in [0, 0.05) is 20.2 Å². The summed E-state index contributed by atoms with van der Waals surface area (Å²) in [7, 11) is 1.46. The van der Waals surface area contributed by atoms with Gasteiger partial charge in [-0.05, 0) is 31.2 Å². The summed E-state index contributed by atoms with van der Waals surface area (Å²) >= 11 is 0. The highest BCUT2D eigenvalue weighted by Crippen LogP contribution is 2.18. The summed E-state index contributed by atoms with van der Waals surface area (Å²) < 4.78 is 4.79. The van der Waals surface area contributed by atoms with Gasteiger partial charge in [-0.25, -0.2) is 0 Å². The molecule has 3 N–H and O–H groups in total. The van der Waals surface area contributed by atoms with Gasteiger partial charge in [0.1, 0.15) is 12.6 Å². The minimum absolute atomic E-state index is 0. The lowest BCUT2D eigenvalue weighted by Gasteiger charge is -2.35.